The van der Waals surface area contributed by atoms with Gasteiger partial charge in [0.15, 0.2) is 0 Å². The first-order valence-electron chi connectivity index (χ1n) is 26.0. The summed E-state index contributed by atoms with van der Waals surface area (Å²) in [6.07, 6.45) is 0. The molecule has 0 amide bonds. The van der Waals surface area contributed by atoms with Crippen LogP contribution in [0.5, 0.6) is 0 Å². The molecule has 0 saturated carbocycles. The van der Waals surface area contributed by atoms with Crippen molar-refractivity contribution in [1.29, 1.82) is 0 Å². The largest absolute Gasteiger partial charge is 0.386 e. The number of nitrogens with zero attached hydrogens (tertiary/aromatic N) is 6. The molecule has 78 heavy (non-hydrogen) atoms. The smallest absolute Gasteiger partial charge is 0.252 e. The van der Waals surface area contributed by atoms with Crippen molar-refractivity contribution in [3.63, 3.8) is 0 Å². The molecule has 0 unspecified atom stereocenters. The second-order valence-corrected chi connectivity index (χ2v) is 31.7. The van der Waals surface area contributed by atoms with Crippen LogP contribution in [0, 0.1) is 11.8 Å². The summed E-state index contributed by atoms with van der Waals surface area (Å²) in [7, 11) is -14.8. The van der Waals surface area contributed by atoms with Gasteiger partial charge in [-0.1, -0.05) is 100 Å². The van der Waals surface area contributed by atoms with E-state index in [1.54, 1.807) is 111 Å². The molecule has 2 aliphatic rings. The SMILES string of the molecule is CC(C)CS(=O)(=O)N(C[C@H]1CN(S(=O)(=O)c2cccs2)CCN1c1ccc(C(C)(C)O)cc1)c1ccccc1.CC(C)CS(=O)(=O)N(C[C@H]1CN(S(=O)(=O)c2cccs2)CCN1c1ccc(C(C)(C)O)cc1)c1ccccc1. The molecular weight excluding hydrogens is 1110 g/mol. The number of sulfonamides is 4. The normalized spacial score (nSPS) is 17.5. The predicted molar refractivity (Wildman–Crippen MR) is 317 cm³/mol. The van der Waals surface area contributed by atoms with Gasteiger partial charge in [-0.05, 0) is 122 Å². The van der Waals surface area contributed by atoms with Crippen molar-refractivity contribution in [2.45, 2.75) is 87.1 Å². The average Bonchev–Trinajstić information content (AvgIpc) is 4.15. The molecule has 4 heterocycles. The lowest BCUT2D eigenvalue weighted by molar-refractivity contribution is 0.0780. The number of anilines is 4. The molecular formula is C56H74N6O10S6. The van der Waals surface area contributed by atoms with Crippen molar-refractivity contribution in [2.24, 2.45) is 11.8 Å². The fourth-order valence-electron chi connectivity index (χ4n) is 9.63. The third-order valence-corrected chi connectivity index (χ3v) is 24.2. The standard InChI is InChI=1S/2C28H37N3O5S3/c2*1-22(2)21-38(33,34)31(25-9-6-5-7-10-25)20-26-19-29(39(35,36)27-11-8-18-37-27)16-17-30(26)24-14-12-23(13-15-24)28(3,4)32/h2*5-15,18,22,26,32H,16-17,19-21H2,1-4H3/t2*26-/m11/s1. The van der Waals surface area contributed by atoms with Gasteiger partial charge in [0.1, 0.15) is 8.42 Å². The monoisotopic (exact) mass is 1180 g/mol. The summed E-state index contributed by atoms with van der Waals surface area (Å²) in [5.74, 6) is -0.194. The molecule has 0 bridgehead atoms. The maximum atomic E-state index is 13.6. The zero-order valence-corrected chi connectivity index (χ0v) is 50.4. The Labute approximate surface area is 471 Å². The first kappa shape index (κ1) is 60.8. The van der Waals surface area contributed by atoms with Crippen molar-refractivity contribution in [2.75, 3.05) is 82.3 Å². The maximum absolute atomic E-state index is 13.6. The summed E-state index contributed by atoms with van der Waals surface area (Å²) in [6.45, 7) is 16.1. The Morgan fingerprint density at radius 3 is 1.10 bits per heavy atom. The number of hydrogen-bond donors (Lipinski definition) is 2. The number of para-hydroxylation sites is 2. The highest BCUT2D eigenvalue weighted by Crippen LogP contribution is 2.33. The van der Waals surface area contributed by atoms with Crippen molar-refractivity contribution >= 4 is 85.5 Å². The van der Waals surface area contributed by atoms with Crippen molar-refractivity contribution in [3.8, 4) is 0 Å². The zero-order chi connectivity index (χ0) is 56.8. The Kier molecular flexibility index (Phi) is 19.4. The van der Waals surface area contributed by atoms with Crippen molar-refractivity contribution < 1.29 is 43.9 Å². The zero-order valence-electron chi connectivity index (χ0n) is 45.5. The van der Waals surface area contributed by atoms with Gasteiger partial charge in [-0.3, -0.25) is 8.61 Å². The third kappa shape index (κ3) is 14.9. The number of rotatable bonds is 20. The average molecular weight is 1180 g/mol. The van der Waals surface area contributed by atoms with E-state index in [9.17, 15) is 43.9 Å². The lowest BCUT2D eigenvalue weighted by Crippen LogP contribution is -2.59. The molecule has 424 valence electrons. The van der Waals surface area contributed by atoms with Gasteiger partial charge in [-0.15, -0.1) is 22.7 Å². The van der Waals surface area contributed by atoms with Crippen molar-refractivity contribution in [3.05, 3.63) is 155 Å². The van der Waals surface area contributed by atoms with Crippen LogP contribution >= 0.6 is 22.7 Å². The molecule has 2 fully saturated rings. The van der Waals surface area contributed by atoms with E-state index < -0.39 is 63.4 Å². The van der Waals surface area contributed by atoms with Gasteiger partial charge in [0.25, 0.3) is 20.0 Å². The van der Waals surface area contributed by atoms with Crippen LogP contribution in [0.25, 0.3) is 0 Å². The maximum Gasteiger partial charge on any atom is 0.252 e. The lowest BCUT2D eigenvalue weighted by atomic mass is 9.98. The third-order valence-electron chi connectivity index (χ3n) is 13.5. The summed E-state index contributed by atoms with van der Waals surface area (Å²) >= 11 is 2.35. The van der Waals surface area contributed by atoms with Crippen LogP contribution in [-0.2, 0) is 51.3 Å². The van der Waals surface area contributed by atoms with E-state index in [-0.39, 0.29) is 71.0 Å². The Hall–Kier alpha value is -4.88. The van der Waals surface area contributed by atoms with Crippen LogP contribution < -0.4 is 18.4 Å². The van der Waals surface area contributed by atoms with Crippen LogP contribution in [0.15, 0.2) is 153 Å². The summed E-state index contributed by atoms with van der Waals surface area (Å²) in [5.41, 5.74) is 2.30. The molecule has 2 saturated heterocycles. The Balaban J connectivity index is 0.000000226. The Morgan fingerprint density at radius 2 is 0.821 bits per heavy atom. The summed E-state index contributed by atoms with van der Waals surface area (Å²) in [5, 5.41) is 24.3. The van der Waals surface area contributed by atoms with Gasteiger partial charge in [0.05, 0.1) is 59.3 Å². The molecule has 0 aliphatic carbocycles. The first-order chi connectivity index (χ1) is 36.6. The molecule has 22 heteroatoms. The summed E-state index contributed by atoms with van der Waals surface area (Å²) in [4.78, 5) is 4.16. The summed E-state index contributed by atoms with van der Waals surface area (Å²) < 4.78 is 115. The fourth-order valence-corrected chi connectivity index (χ4v) is 18.6. The van der Waals surface area contributed by atoms with E-state index in [0.29, 0.717) is 24.5 Å². The molecule has 2 aliphatic heterocycles. The minimum absolute atomic E-state index is 0.0217. The molecule has 6 aromatic rings. The van der Waals surface area contributed by atoms with E-state index in [4.69, 9.17) is 0 Å². The minimum Gasteiger partial charge on any atom is -0.386 e. The Morgan fingerprint density at radius 1 is 0.487 bits per heavy atom. The van der Waals surface area contributed by atoms with Gasteiger partial charge in [-0.2, -0.15) is 8.61 Å². The molecule has 0 radical (unpaired) electrons. The van der Waals surface area contributed by atoms with Crippen LogP contribution in [0.3, 0.4) is 0 Å². The number of piperazine rings is 2. The van der Waals surface area contributed by atoms with Crippen molar-refractivity contribution in [1.82, 2.24) is 8.61 Å². The predicted octanol–water partition coefficient (Wildman–Crippen LogP) is 8.69. The van der Waals surface area contributed by atoms with Gasteiger partial charge in [0, 0.05) is 50.6 Å². The number of hydrogen-bond acceptors (Lipinski definition) is 14. The van der Waals surface area contributed by atoms with Crippen LogP contribution in [0.1, 0.15) is 66.5 Å². The lowest BCUT2D eigenvalue weighted by Gasteiger charge is -2.44. The van der Waals surface area contributed by atoms with Crippen LogP contribution in [-0.4, -0.2) is 128 Å². The highest BCUT2D eigenvalue weighted by Gasteiger charge is 2.40. The minimum atomic E-state index is -3.71. The topological polar surface area (TPSA) is 196 Å². The molecule has 4 aromatic carbocycles. The molecule has 0 spiro atoms. The molecule has 2 atom stereocenters. The fraction of sp³-hybridized carbons (Fsp3) is 0.429. The van der Waals surface area contributed by atoms with Gasteiger partial charge >= 0.3 is 0 Å². The number of aliphatic hydroxyl groups is 2. The number of thiophene rings is 2. The van der Waals surface area contributed by atoms with E-state index in [0.717, 1.165) is 22.5 Å². The second kappa shape index (κ2) is 24.9. The van der Waals surface area contributed by atoms with E-state index in [1.807, 2.05) is 88.4 Å². The highest BCUT2D eigenvalue weighted by atomic mass is 32.3. The van der Waals surface area contributed by atoms with Gasteiger partial charge in [0.2, 0.25) is 20.0 Å². The Bertz CT molecular complexity index is 3090. The summed E-state index contributed by atoms with van der Waals surface area (Å²) in [6, 6.07) is 38.7. The number of benzene rings is 4. The second-order valence-electron chi connectivity index (χ2n) is 21.6. The van der Waals surface area contributed by atoms with Gasteiger partial charge < -0.3 is 20.0 Å². The molecule has 8 rings (SSSR count). The van der Waals surface area contributed by atoms with Crippen LogP contribution in [0.4, 0.5) is 22.7 Å². The van der Waals surface area contributed by atoms with Crippen LogP contribution in [0.2, 0.25) is 0 Å². The highest BCUT2D eigenvalue weighted by molar-refractivity contribution is 7.93. The van der Waals surface area contributed by atoms with E-state index in [1.165, 1.54) is 39.9 Å². The van der Waals surface area contributed by atoms with E-state index in [2.05, 4.69) is 9.80 Å². The molecule has 2 aromatic heterocycles. The van der Waals surface area contributed by atoms with E-state index >= 15 is 0 Å². The molecule has 16 nitrogen and oxygen atoms in total. The molecule has 2 N–H and O–H groups in total. The van der Waals surface area contributed by atoms with Gasteiger partial charge in [-0.25, -0.2) is 33.7 Å². The quantitative estimate of drug-likeness (QED) is 0.0739. The first-order valence-corrected chi connectivity index (χ1v) is 33.8.